The molecular weight excluding hydrogens is 154 g/mol. The summed E-state index contributed by atoms with van der Waals surface area (Å²) in [6.07, 6.45) is 7.34. The van der Waals surface area contributed by atoms with Gasteiger partial charge in [-0.2, -0.15) is 11.8 Å². The van der Waals surface area contributed by atoms with E-state index in [0.29, 0.717) is 4.75 Å². The first-order valence-electron chi connectivity index (χ1n) is 4.76. The molecule has 1 heterocycles. The van der Waals surface area contributed by atoms with Crippen LogP contribution in [0.3, 0.4) is 0 Å². The summed E-state index contributed by atoms with van der Waals surface area (Å²) in [5, 5.41) is 3.48. The predicted octanol–water partition coefficient (Wildman–Crippen LogP) is 2.03. The fourth-order valence-electron chi connectivity index (χ4n) is 2.27. The monoisotopic (exact) mass is 171 g/mol. The van der Waals surface area contributed by atoms with Gasteiger partial charge in [-0.25, -0.2) is 0 Å². The lowest BCUT2D eigenvalue weighted by Gasteiger charge is -2.25. The van der Waals surface area contributed by atoms with Crippen LogP contribution in [0.1, 0.15) is 32.1 Å². The summed E-state index contributed by atoms with van der Waals surface area (Å²) in [4.78, 5) is 0. The van der Waals surface area contributed by atoms with Gasteiger partial charge in [-0.15, -0.1) is 0 Å². The van der Waals surface area contributed by atoms with Crippen LogP contribution in [0.2, 0.25) is 0 Å². The van der Waals surface area contributed by atoms with E-state index < -0.39 is 0 Å². The molecule has 1 spiro atoms. The molecule has 64 valence electrons. The Morgan fingerprint density at radius 2 is 1.82 bits per heavy atom. The molecular formula is C9H17NS. The van der Waals surface area contributed by atoms with Gasteiger partial charge in [-0.1, -0.05) is 12.8 Å². The van der Waals surface area contributed by atoms with Crippen molar-refractivity contribution in [1.29, 1.82) is 0 Å². The zero-order valence-electron chi connectivity index (χ0n) is 7.07. The molecule has 2 aliphatic rings. The van der Waals surface area contributed by atoms with Crippen LogP contribution in [0.25, 0.3) is 0 Å². The lowest BCUT2D eigenvalue weighted by molar-refractivity contribution is 0.541. The fourth-order valence-corrected chi connectivity index (χ4v) is 3.77. The molecule has 0 aromatic rings. The van der Waals surface area contributed by atoms with E-state index in [-0.39, 0.29) is 0 Å². The summed E-state index contributed by atoms with van der Waals surface area (Å²) in [6, 6.07) is 0. The van der Waals surface area contributed by atoms with Crippen LogP contribution < -0.4 is 5.32 Å². The molecule has 0 amide bonds. The summed E-state index contributed by atoms with van der Waals surface area (Å²) in [7, 11) is 0. The lowest BCUT2D eigenvalue weighted by Crippen LogP contribution is -2.22. The average Bonchev–Trinajstić information content (AvgIpc) is 2.32. The summed E-state index contributed by atoms with van der Waals surface area (Å²) < 4.78 is 0.712. The van der Waals surface area contributed by atoms with Gasteiger partial charge in [-0.3, -0.25) is 0 Å². The zero-order chi connectivity index (χ0) is 7.57. The summed E-state index contributed by atoms with van der Waals surface area (Å²) in [5.41, 5.74) is 0. The predicted molar refractivity (Wildman–Crippen MR) is 51.1 cm³/mol. The minimum Gasteiger partial charge on any atom is -0.316 e. The van der Waals surface area contributed by atoms with Gasteiger partial charge in [-0.05, 0) is 25.8 Å². The topological polar surface area (TPSA) is 12.0 Å². The number of rotatable bonds is 0. The molecule has 2 heteroatoms. The first-order chi connectivity index (χ1) is 5.41. The van der Waals surface area contributed by atoms with Gasteiger partial charge in [0.15, 0.2) is 0 Å². The molecule has 2 rings (SSSR count). The highest BCUT2D eigenvalue weighted by atomic mass is 32.2. The van der Waals surface area contributed by atoms with Crippen molar-refractivity contribution in [2.45, 2.75) is 36.9 Å². The second kappa shape index (κ2) is 3.36. The van der Waals surface area contributed by atoms with E-state index in [1.54, 1.807) is 0 Å². The molecule has 0 aromatic carbocycles. The maximum atomic E-state index is 3.48. The molecule has 1 aliphatic carbocycles. The smallest absolute Gasteiger partial charge is 0.0172 e. The molecule has 1 nitrogen and oxygen atoms in total. The highest BCUT2D eigenvalue weighted by molar-refractivity contribution is 8.00. The third-order valence-corrected chi connectivity index (χ3v) is 4.59. The van der Waals surface area contributed by atoms with E-state index in [0.717, 1.165) is 0 Å². The van der Waals surface area contributed by atoms with Gasteiger partial charge in [0.05, 0.1) is 0 Å². The number of nitrogens with one attached hydrogen (secondary N) is 1. The molecule has 1 saturated carbocycles. The van der Waals surface area contributed by atoms with Crippen molar-refractivity contribution in [2.24, 2.45) is 0 Å². The lowest BCUT2D eigenvalue weighted by atomic mass is 10.0. The maximum absolute atomic E-state index is 3.48. The first-order valence-corrected chi connectivity index (χ1v) is 5.75. The van der Waals surface area contributed by atoms with Crippen molar-refractivity contribution in [2.75, 3.05) is 18.8 Å². The quantitative estimate of drug-likeness (QED) is 0.598. The van der Waals surface area contributed by atoms with E-state index >= 15 is 0 Å². The Morgan fingerprint density at radius 3 is 2.64 bits per heavy atom. The van der Waals surface area contributed by atoms with Crippen molar-refractivity contribution in [1.82, 2.24) is 5.32 Å². The van der Waals surface area contributed by atoms with Crippen LogP contribution in [0, 0.1) is 0 Å². The zero-order valence-corrected chi connectivity index (χ0v) is 7.88. The minimum atomic E-state index is 0.712. The molecule has 0 aromatic heterocycles. The molecule has 1 N–H and O–H groups in total. The Morgan fingerprint density at radius 1 is 1.00 bits per heavy atom. The third kappa shape index (κ3) is 1.73. The van der Waals surface area contributed by atoms with Gasteiger partial charge in [0.1, 0.15) is 0 Å². The Bertz CT molecular complexity index is 120. The molecule has 0 atom stereocenters. The van der Waals surface area contributed by atoms with Crippen molar-refractivity contribution >= 4 is 11.8 Å². The average molecular weight is 171 g/mol. The molecule has 2 fully saturated rings. The number of hydrogen-bond acceptors (Lipinski definition) is 2. The van der Waals surface area contributed by atoms with E-state index in [1.165, 1.54) is 50.9 Å². The second-order valence-electron chi connectivity index (χ2n) is 3.74. The summed E-state index contributed by atoms with van der Waals surface area (Å²) >= 11 is 2.23. The summed E-state index contributed by atoms with van der Waals surface area (Å²) in [5.74, 6) is 1.33. The molecule has 0 bridgehead atoms. The molecule has 1 aliphatic heterocycles. The largest absolute Gasteiger partial charge is 0.316 e. The first kappa shape index (κ1) is 7.93. The highest BCUT2D eigenvalue weighted by Gasteiger charge is 2.34. The highest BCUT2D eigenvalue weighted by Crippen LogP contribution is 2.44. The van der Waals surface area contributed by atoms with E-state index in [9.17, 15) is 0 Å². The Balaban J connectivity index is 1.97. The van der Waals surface area contributed by atoms with Crippen LogP contribution in [0.15, 0.2) is 0 Å². The fraction of sp³-hybridized carbons (Fsp3) is 1.00. The maximum Gasteiger partial charge on any atom is 0.0172 e. The Labute approximate surface area is 73.3 Å². The van der Waals surface area contributed by atoms with Crippen LogP contribution in [0.5, 0.6) is 0 Å². The van der Waals surface area contributed by atoms with Crippen molar-refractivity contribution in [3.63, 3.8) is 0 Å². The van der Waals surface area contributed by atoms with E-state index in [2.05, 4.69) is 17.1 Å². The normalized spacial score (nSPS) is 30.5. The molecule has 0 radical (unpaired) electrons. The van der Waals surface area contributed by atoms with Crippen molar-refractivity contribution in [3.05, 3.63) is 0 Å². The van der Waals surface area contributed by atoms with Gasteiger partial charge in [0, 0.05) is 17.0 Å². The van der Waals surface area contributed by atoms with Crippen molar-refractivity contribution in [3.8, 4) is 0 Å². The van der Waals surface area contributed by atoms with E-state index in [1.807, 2.05) is 0 Å². The van der Waals surface area contributed by atoms with Crippen LogP contribution >= 0.6 is 11.8 Å². The van der Waals surface area contributed by atoms with Crippen LogP contribution in [0.4, 0.5) is 0 Å². The van der Waals surface area contributed by atoms with Gasteiger partial charge < -0.3 is 5.32 Å². The van der Waals surface area contributed by atoms with E-state index in [4.69, 9.17) is 0 Å². The molecule has 1 saturated heterocycles. The van der Waals surface area contributed by atoms with Crippen LogP contribution in [-0.4, -0.2) is 23.6 Å². The van der Waals surface area contributed by atoms with Gasteiger partial charge >= 0.3 is 0 Å². The molecule has 0 unspecified atom stereocenters. The Hall–Kier alpha value is 0.310. The third-order valence-electron chi connectivity index (χ3n) is 2.96. The van der Waals surface area contributed by atoms with Crippen molar-refractivity contribution < 1.29 is 0 Å². The van der Waals surface area contributed by atoms with Gasteiger partial charge in [0.25, 0.3) is 0 Å². The number of thioether (sulfide) groups is 1. The van der Waals surface area contributed by atoms with Gasteiger partial charge in [0.2, 0.25) is 0 Å². The Kier molecular flexibility index (Phi) is 2.42. The minimum absolute atomic E-state index is 0.712. The second-order valence-corrected chi connectivity index (χ2v) is 5.30. The SMILES string of the molecule is C1CCC2(C1)CCNCCS2. The van der Waals surface area contributed by atoms with Crippen LogP contribution in [-0.2, 0) is 0 Å². The number of hydrogen-bond donors (Lipinski definition) is 1. The standard InChI is InChI=1S/C9H17NS/c1-2-4-9(3-1)5-6-10-7-8-11-9/h10H,1-8H2. The molecule has 11 heavy (non-hydrogen) atoms. The summed E-state index contributed by atoms with van der Waals surface area (Å²) in [6.45, 7) is 2.49.